The Morgan fingerprint density at radius 2 is 1.76 bits per heavy atom. The van der Waals surface area contributed by atoms with Crippen LogP contribution < -0.4 is 4.74 Å². The molecule has 1 aliphatic rings. The number of nitrogens with zero attached hydrogens (tertiary/aromatic N) is 3. The molecule has 0 aliphatic carbocycles. The number of ether oxygens (including phenoxy) is 2. The van der Waals surface area contributed by atoms with E-state index in [0.29, 0.717) is 11.1 Å². The number of carbonyl (C=O) groups is 1. The molecule has 3 aromatic rings. The molecule has 0 unspecified atom stereocenters. The quantitative estimate of drug-likeness (QED) is 0.227. The van der Waals surface area contributed by atoms with E-state index in [4.69, 9.17) is 9.47 Å². The lowest BCUT2D eigenvalue weighted by atomic mass is 10.1. The van der Waals surface area contributed by atoms with Gasteiger partial charge < -0.3 is 9.47 Å². The third kappa shape index (κ3) is 4.74. The summed E-state index contributed by atoms with van der Waals surface area (Å²) in [5.74, 6) is -0.335. The second kappa shape index (κ2) is 8.71. The lowest BCUT2D eigenvalue weighted by Crippen LogP contribution is -2.05. The molecule has 10 nitrogen and oxygen atoms in total. The molecule has 3 aromatic carbocycles. The Hall–Kier alpha value is -4.86. The second-order valence-electron chi connectivity index (χ2n) is 7.05. The van der Waals surface area contributed by atoms with Crippen molar-refractivity contribution in [3.05, 3.63) is 109 Å². The van der Waals surface area contributed by atoms with Gasteiger partial charge in [-0.3, -0.25) is 20.2 Å². The van der Waals surface area contributed by atoms with Crippen LogP contribution in [0.3, 0.4) is 0 Å². The number of hydrogen-bond acceptors (Lipinski definition) is 8. The van der Waals surface area contributed by atoms with Crippen molar-refractivity contribution in [3.8, 4) is 11.5 Å². The van der Waals surface area contributed by atoms with Gasteiger partial charge in [0, 0.05) is 11.6 Å². The average Bonchev–Trinajstić information content (AvgIpc) is 3.14. The van der Waals surface area contributed by atoms with Gasteiger partial charge in [-0.25, -0.2) is 9.79 Å². The molecule has 10 heteroatoms. The molecule has 1 heterocycles. The van der Waals surface area contributed by atoms with E-state index >= 15 is 0 Å². The standard InChI is InChI=1S/C23H15N3O7/c1-14-4-2-6-16(10-14)22-24-19(23(27)33-22)12-15-5-3-7-18(11-15)32-21-9-8-17(25(28)29)13-20(21)26(30)31/h2-13H,1H3/b19-12-. The third-order valence-corrected chi connectivity index (χ3v) is 4.62. The van der Waals surface area contributed by atoms with Gasteiger partial charge in [0.15, 0.2) is 5.70 Å². The molecule has 164 valence electrons. The van der Waals surface area contributed by atoms with Crippen LogP contribution in [0, 0.1) is 27.2 Å². The molecule has 0 amide bonds. The van der Waals surface area contributed by atoms with Gasteiger partial charge in [-0.05, 0) is 48.9 Å². The minimum atomic E-state index is -0.760. The second-order valence-corrected chi connectivity index (χ2v) is 7.05. The third-order valence-electron chi connectivity index (χ3n) is 4.62. The van der Waals surface area contributed by atoms with Crippen LogP contribution in [0.1, 0.15) is 16.7 Å². The van der Waals surface area contributed by atoms with Crippen LogP contribution in [0.15, 0.2) is 77.4 Å². The highest BCUT2D eigenvalue weighted by molar-refractivity contribution is 6.12. The highest BCUT2D eigenvalue weighted by Gasteiger charge is 2.24. The Morgan fingerprint density at radius 1 is 0.970 bits per heavy atom. The SMILES string of the molecule is Cc1cccc(C2=N/C(=C\c3cccc(Oc4ccc([N+](=O)[O-])cc4[N+](=O)[O-])c3)C(=O)O2)c1. The first-order valence-corrected chi connectivity index (χ1v) is 9.60. The summed E-state index contributed by atoms with van der Waals surface area (Å²) >= 11 is 0. The summed E-state index contributed by atoms with van der Waals surface area (Å²) in [6.07, 6.45) is 1.50. The Kier molecular flexibility index (Phi) is 5.64. The van der Waals surface area contributed by atoms with Gasteiger partial charge in [-0.2, -0.15) is 0 Å². The molecule has 1 aliphatic heterocycles. The predicted octanol–water partition coefficient (Wildman–Crippen LogP) is 4.95. The molecule has 0 bridgehead atoms. The minimum absolute atomic E-state index is 0.0879. The zero-order chi connectivity index (χ0) is 23.5. The Balaban J connectivity index is 1.61. The van der Waals surface area contributed by atoms with Crippen LogP contribution in [0.25, 0.3) is 6.08 Å². The minimum Gasteiger partial charge on any atom is -0.450 e. The lowest BCUT2D eigenvalue weighted by Gasteiger charge is -2.07. The van der Waals surface area contributed by atoms with Crippen LogP contribution in [-0.4, -0.2) is 21.7 Å². The summed E-state index contributed by atoms with van der Waals surface area (Å²) in [5.41, 5.74) is 1.33. The van der Waals surface area contributed by atoms with Crippen molar-refractivity contribution >= 4 is 29.3 Å². The van der Waals surface area contributed by atoms with E-state index in [1.54, 1.807) is 30.3 Å². The van der Waals surface area contributed by atoms with Gasteiger partial charge in [0.2, 0.25) is 11.6 Å². The van der Waals surface area contributed by atoms with Gasteiger partial charge in [0.1, 0.15) is 5.75 Å². The molecular formula is C23H15N3O7. The van der Waals surface area contributed by atoms with Crippen molar-refractivity contribution in [3.63, 3.8) is 0 Å². The van der Waals surface area contributed by atoms with Crippen LogP contribution in [0.5, 0.6) is 11.5 Å². The number of nitro benzene ring substituents is 2. The number of non-ortho nitro benzene ring substituents is 1. The molecule has 0 radical (unpaired) electrons. The van der Waals surface area contributed by atoms with Gasteiger partial charge >= 0.3 is 11.7 Å². The number of rotatable bonds is 6. The van der Waals surface area contributed by atoms with E-state index < -0.39 is 27.2 Å². The molecule has 33 heavy (non-hydrogen) atoms. The fraction of sp³-hybridized carbons (Fsp3) is 0.0435. The van der Waals surface area contributed by atoms with Gasteiger partial charge in [0.05, 0.1) is 15.9 Å². The summed E-state index contributed by atoms with van der Waals surface area (Å²) in [7, 11) is 0. The molecule has 0 spiro atoms. The highest BCUT2D eigenvalue weighted by Crippen LogP contribution is 2.34. The number of cyclic esters (lactones) is 1. The van der Waals surface area contributed by atoms with E-state index in [1.807, 2.05) is 25.1 Å². The summed E-state index contributed by atoms with van der Waals surface area (Å²) in [6, 6.07) is 16.9. The predicted molar refractivity (Wildman–Crippen MR) is 118 cm³/mol. The number of aryl methyl sites for hydroxylation is 1. The van der Waals surface area contributed by atoms with Crippen molar-refractivity contribution in [1.29, 1.82) is 0 Å². The molecule has 0 N–H and O–H groups in total. The highest BCUT2D eigenvalue weighted by atomic mass is 16.6. The first-order valence-electron chi connectivity index (χ1n) is 9.60. The molecule has 0 fully saturated rings. The number of carbonyl (C=O) groups excluding carboxylic acids is 1. The Bertz CT molecular complexity index is 1360. The smallest absolute Gasteiger partial charge is 0.363 e. The number of benzene rings is 3. The number of nitro groups is 2. The van der Waals surface area contributed by atoms with Crippen molar-refractivity contribution in [2.45, 2.75) is 6.92 Å². The largest absolute Gasteiger partial charge is 0.450 e. The van der Waals surface area contributed by atoms with Crippen molar-refractivity contribution in [1.82, 2.24) is 0 Å². The topological polar surface area (TPSA) is 134 Å². The summed E-state index contributed by atoms with van der Waals surface area (Å²) in [6.45, 7) is 1.92. The molecular weight excluding hydrogens is 430 g/mol. The van der Waals surface area contributed by atoms with Crippen molar-refractivity contribution in [2.75, 3.05) is 0 Å². The number of hydrogen-bond donors (Lipinski definition) is 0. The number of esters is 1. The van der Waals surface area contributed by atoms with Gasteiger partial charge in [-0.15, -0.1) is 0 Å². The fourth-order valence-corrected chi connectivity index (χ4v) is 3.11. The lowest BCUT2D eigenvalue weighted by molar-refractivity contribution is -0.394. The van der Waals surface area contributed by atoms with E-state index in [9.17, 15) is 25.0 Å². The summed E-state index contributed by atoms with van der Waals surface area (Å²) < 4.78 is 10.9. The maximum absolute atomic E-state index is 12.3. The normalized spacial score (nSPS) is 14.0. The molecule has 0 atom stereocenters. The molecule has 0 saturated heterocycles. The van der Waals surface area contributed by atoms with Crippen LogP contribution in [-0.2, 0) is 9.53 Å². The zero-order valence-electron chi connectivity index (χ0n) is 17.1. The summed E-state index contributed by atoms with van der Waals surface area (Å²) in [5, 5.41) is 22.2. The Morgan fingerprint density at radius 3 is 2.48 bits per heavy atom. The van der Waals surface area contributed by atoms with Crippen LogP contribution >= 0.6 is 0 Å². The van der Waals surface area contributed by atoms with E-state index in [0.717, 1.165) is 23.8 Å². The maximum Gasteiger partial charge on any atom is 0.363 e. The molecule has 4 rings (SSSR count). The van der Waals surface area contributed by atoms with E-state index in [2.05, 4.69) is 4.99 Å². The average molecular weight is 445 g/mol. The van der Waals surface area contributed by atoms with Gasteiger partial charge in [0.25, 0.3) is 5.69 Å². The Labute approximate surface area is 186 Å². The summed E-state index contributed by atoms with van der Waals surface area (Å²) in [4.78, 5) is 37.3. The van der Waals surface area contributed by atoms with Crippen LogP contribution in [0.4, 0.5) is 11.4 Å². The monoisotopic (exact) mass is 445 g/mol. The molecule has 0 saturated carbocycles. The zero-order valence-corrected chi connectivity index (χ0v) is 17.1. The maximum atomic E-state index is 12.3. The fourth-order valence-electron chi connectivity index (χ4n) is 3.11. The van der Waals surface area contributed by atoms with E-state index in [-0.39, 0.29) is 23.1 Å². The molecule has 0 aromatic heterocycles. The first-order chi connectivity index (χ1) is 15.8. The van der Waals surface area contributed by atoms with Crippen molar-refractivity contribution < 1.29 is 24.1 Å². The van der Waals surface area contributed by atoms with Gasteiger partial charge in [-0.1, -0.05) is 29.8 Å². The van der Waals surface area contributed by atoms with E-state index in [1.165, 1.54) is 6.08 Å². The first kappa shape index (κ1) is 21.4. The van der Waals surface area contributed by atoms with Crippen LogP contribution in [0.2, 0.25) is 0 Å². The van der Waals surface area contributed by atoms with Crippen molar-refractivity contribution in [2.24, 2.45) is 4.99 Å². The number of aliphatic imine (C=N–C) groups is 1.